The topological polar surface area (TPSA) is 95.8 Å². The Kier molecular flexibility index (Phi) is 5.46. The van der Waals surface area contributed by atoms with Crippen LogP contribution in [0.5, 0.6) is 0 Å². The van der Waals surface area contributed by atoms with E-state index in [2.05, 4.69) is 10.5 Å². The molecule has 1 saturated heterocycles. The van der Waals surface area contributed by atoms with Crippen LogP contribution in [0.4, 0.5) is 11.5 Å². The SMILES string of the molecule is Cc1cc(NC(=O)CN(C)C(=O)c2ccc(Cl)cc2N2CCCC2=O)no1. The minimum Gasteiger partial charge on any atom is -0.360 e. The van der Waals surface area contributed by atoms with Crippen molar-refractivity contribution in [3.63, 3.8) is 0 Å². The molecule has 0 unspecified atom stereocenters. The van der Waals surface area contributed by atoms with Crippen LogP contribution in [0.1, 0.15) is 29.0 Å². The fraction of sp³-hybridized carbons (Fsp3) is 0.333. The Morgan fingerprint density at radius 2 is 2.15 bits per heavy atom. The van der Waals surface area contributed by atoms with E-state index in [1.54, 1.807) is 36.1 Å². The average Bonchev–Trinajstić information content (AvgIpc) is 3.22. The number of aromatic nitrogens is 1. The van der Waals surface area contributed by atoms with Crippen LogP contribution in [-0.4, -0.2) is 47.9 Å². The normalized spacial score (nSPS) is 13.7. The van der Waals surface area contributed by atoms with Crippen molar-refractivity contribution in [3.8, 4) is 0 Å². The van der Waals surface area contributed by atoms with E-state index in [4.69, 9.17) is 16.1 Å². The van der Waals surface area contributed by atoms with E-state index in [0.717, 1.165) is 6.42 Å². The first-order valence-corrected chi connectivity index (χ1v) is 8.81. The third-order valence-electron chi connectivity index (χ3n) is 4.18. The van der Waals surface area contributed by atoms with Gasteiger partial charge in [0.2, 0.25) is 11.8 Å². The number of carbonyl (C=O) groups excluding carboxylic acids is 3. The fourth-order valence-corrected chi connectivity index (χ4v) is 3.08. The van der Waals surface area contributed by atoms with Crippen molar-refractivity contribution in [1.82, 2.24) is 10.1 Å². The minimum atomic E-state index is -0.410. The molecule has 142 valence electrons. The van der Waals surface area contributed by atoms with Crippen molar-refractivity contribution in [1.29, 1.82) is 0 Å². The summed E-state index contributed by atoms with van der Waals surface area (Å²) in [5.74, 6) is 0.0110. The minimum absolute atomic E-state index is 0.0480. The third kappa shape index (κ3) is 4.28. The van der Waals surface area contributed by atoms with Crippen LogP contribution >= 0.6 is 11.6 Å². The lowest BCUT2D eigenvalue weighted by Gasteiger charge is -2.23. The van der Waals surface area contributed by atoms with Crippen LogP contribution in [0.2, 0.25) is 5.02 Å². The Bertz CT molecular complexity index is 895. The van der Waals surface area contributed by atoms with Crippen molar-refractivity contribution >= 4 is 40.8 Å². The van der Waals surface area contributed by atoms with Gasteiger partial charge in [0.05, 0.1) is 17.8 Å². The van der Waals surface area contributed by atoms with Gasteiger partial charge in [-0.15, -0.1) is 0 Å². The molecule has 3 rings (SSSR count). The van der Waals surface area contributed by atoms with E-state index in [1.165, 1.54) is 11.9 Å². The van der Waals surface area contributed by atoms with Crippen molar-refractivity contribution in [2.75, 3.05) is 30.4 Å². The lowest BCUT2D eigenvalue weighted by Crippen LogP contribution is -2.36. The van der Waals surface area contributed by atoms with Gasteiger partial charge < -0.3 is 19.6 Å². The predicted molar refractivity (Wildman–Crippen MR) is 99.9 cm³/mol. The van der Waals surface area contributed by atoms with Gasteiger partial charge in [0.25, 0.3) is 5.91 Å². The van der Waals surface area contributed by atoms with E-state index in [9.17, 15) is 14.4 Å². The molecule has 0 radical (unpaired) electrons. The van der Waals surface area contributed by atoms with E-state index in [0.29, 0.717) is 35.0 Å². The molecule has 1 N–H and O–H groups in total. The number of halogens is 1. The van der Waals surface area contributed by atoms with Crippen LogP contribution in [0.3, 0.4) is 0 Å². The molecule has 2 heterocycles. The number of benzene rings is 1. The molecule has 1 aromatic carbocycles. The van der Waals surface area contributed by atoms with Gasteiger partial charge in [-0.1, -0.05) is 16.8 Å². The third-order valence-corrected chi connectivity index (χ3v) is 4.41. The lowest BCUT2D eigenvalue weighted by atomic mass is 10.1. The Morgan fingerprint density at radius 1 is 1.37 bits per heavy atom. The molecule has 3 amide bonds. The summed E-state index contributed by atoms with van der Waals surface area (Å²) in [6.45, 7) is 2.07. The highest BCUT2D eigenvalue weighted by Gasteiger charge is 2.27. The quantitative estimate of drug-likeness (QED) is 0.846. The smallest absolute Gasteiger partial charge is 0.256 e. The number of hydrogen-bond donors (Lipinski definition) is 1. The highest BCUT2D eigenvalue weighted by molar-refractivity contribution is 6.31. The van der Waals surface area contributed by atoms with E-state index in [1.807, 2.05) is 0 Å². The molecule has 0 bridgehead atoms. The summed E-state index contributed by atoms with van der Waals surface area (Å²) in [7, 11) is 1.51. The Balaban J connectivity index is 1.74. The van der Waals surface area contributed by atoms with E-state index in [-0.39, 0.29) is 24.2 Å². The molecule has 0 aliphatic carbocycles. The Labute approximate surface area is 161 Å². The molecular formula is C18H19ClN4O4. The number of amides is 3. The van der Waals surface area contributed by atoms with Gasteiger partial charge in [0.1, 0.15) is 5.76 Å². The zero-order chi connectivity index (χ0) is 19.6. The number of aryl methyl sites for hydroxylation is 1. The number of rotatable bonds is 5. The number of hydrogen-bond acceptors (Lipinski definition) is 5. The van der Waals surface area contributed by atoms with Crippen LogP contribution in [-0.2, 0) is 9.59 Å². The first-order chi connectivity index (χ1) is 12.8. The first-order valence-electron chi connectivity index (χ1n) is 8.43. The molecular weight excluding hydrogens is 372 g/mol. The van der Waals surface area contributed by atoms with Crippen molar-refractivity contribution in [3.05, 3.63) is 40.6 Å². The van der Waals surface area contributed by atoms with Gasteiger partial charge in [-0.25, -0.2) is 0 Å². The van der Waals surface area contributed by atoms with Gasteiger partial charge in [-0.05, 0) is 31.5 Å². The molecule has 8 nitrogen and oxygen atoms in total. The zero-order valence-electron chi connectivity index (χ0n) is 15.0. The molecule has 9 heteroatoms. The van der Waals surface area contributed by atoms with E-state index >= 15 is 0 Å². The van der Waals surface area contributed by atoms with Gasteiger partial charge in [-0.3, -0.25) is 14.4 Å². The van der Waals surface area contributed by atoms with Crippen LogP contribution in [0.25, 0.3) is 0 Å². The summed E-state index contributed by atoms with van der Waals surface area (Å²) in [6.07, 6.45) is 1.17. The maximum Gasteiger partial charge on any atom is 0.256 e. The molecule has 1 aliphatic rings. The highest BCUT2D eigenvalue weighted by atomic mass is 35.5. The Hall–Kier alpha value is -2.87. The monoisotopic (exact) mass is 390 g/mol. The van der Waals surface area contributed by atoms with Gasteiger partial charge in [0, 0.05) is 31.1 Å². The molecule has 0 saturated carbocycles. The molecule has 0 spiro atoms. The molecule has 1 aromatic heterocycles. The summed E-state index contributed by atoms with van der Waals surface area (Å²) in [4.78, 5) is 39.9. The second-order valence-electron chi connectivity index (χ2n) is 6.34. The summed E-state index contributed by atoms with van der Waals surface area (Å²) >= 11 is 6.06. The average molecular weight is 391 g/mol. The van der Waals surface area contributed by atoms with Crippen molar-refractivity contribution in [2.45, 2.75) is 19.8 Å². The van der Waals surface area contributed by atoms with Crippen molar-refractivity contribution in [2.24, 2.45) is 0 Å². The number of carbonyl (C=O) groups is 3. The molecule has 2 aromatic rings. The van der Waals surface area contributed by atoms with E-state index < -0.39 is 5.91 Å². The van der Waals surface area contributed by atoms with Crippen LogP contribution in [0.15, 0.2) is 28.8 Å². The number of likely N-dealkylation sites (N-methyl/N-ethyl adjacent to an activating group) is 1. The summed E-state index contributed by atoms with van der Waals surface area (Å²) in [6, 6.07) is 6.34. The van der Waals surface area contributed by atoms with Crippen LogP contribution in [0, 0.1) is 6.92 Å². The number of nitrogens with one attached hydrogen (secondary N) is 1. The predicted octanol–water partition coefficient (Wildman–Crippen LogP) is 2.47. The lowest BCUT2D eigenvalue weighted by molar-refractivity contribution is -0.117. The molecule has 27 heavy (non-hydrogen) atoms. The maximum atomic E-state index is 12.9. The summed E-state index contributed by atoms with van der Waals surface area (Å²) < 4.78 is 4.89. The maximum absolute atomic E-state index is 12.9. The van der Waals surface area contributed by atoms with Gasteiger partial charge in [-0.2, -0.15) is 0 Å². The highest BCUT2D eigenvalue weighted by Crippen LogP contribution is 2.29. The van der Waals surface area contributed by atoms with Gasteiger partial charge >= 0.3 is 0 Å². The standard InChI is InChI=1S/C18H19ClN4O4/c1-11-8-15(21-27-11)20-16(24)10-22(2)18(26)13-6-5-12(19)9-14(13)23-7-3-4-17(23)25/h5-6,8-9H,3-4,7,10H2,1-2H3,(H,20,21,24). The second-order valence-corrected chi connectivity index (χ2v) is 6.78. The molecule has 1 aliphatic heterocycles. The summed E-state index contributed by atoms with van der Waals surface area (Å²) in [5, 5.41) is 6.68. The second kappa shape index (κ2) is 7.79. The zero-order valence-corrected chi connectivity index (χ0v) is 15.7. The summed E-state index contributed by atoms with van der Waals surface area (Å²) in [5.41, 5.74) is 0.789. The van der Waals surface area contributed by atoms with Crippen LogP contribution < -0.4 is 10.2 Å². The first kappa shape index (κ1) is 18.9. The van der Waals surface area contributed by atoms with Gasteiger partial charge in [0.15, 0.2) is 5.82 Å². The number of anilines is 2. The largest absolute Gasteiger partial charge is 0.360 e. The molecule has 0 atom stereocenters. The van der Waals surface area contributed by atoms with Crippen molar-refractivity contribution < 1.29 is 18.9 Å². The molecule has 1 fully saturated rings. The fourth-order valence-electron chi connectivity index (χ4n) is 2.91. The number of nitrogens with zero attached hydrogens (tertiary/aromatic N) is 3. The Morgan fingerprint density at radius 3 is 2.78 bits per heavy atom.